The number of piperidine rings is 1. The van der Waals surface area contributed by atoms with Gasteiger partial charge in [0.2, 0.25) is 5.89 Å². The number of carbonyl (C=O) groups excluding carboxylic acids is 1. The normalized spacial score (nSPS) is 17.1. The molecule has 138 valence electrons. The Hall–Kier alpha value is -2.73. The Morgan fingerprint density at radius 2 is 2.07 bits per heavy atom. The highest BCUT2D eigenvalue weighted by Crippen LogP contribution is 2.32. The zero-order valence-corrected chi connectivity index (χ0v) is 15.5. The SMILES string of the molecule is O=C(c1cnccn1)N1CCCC[C@H]1c1ncc(Cc2ccccc2Cl)o1. The Bertz CT molecular complexity index is 928. The van der Waals surface area contributed by atoms with E-state index >= 15 is 0 Å². The van der Waals surface area contributed by atoms with Gasteiger partial charge in [-0.1, -0.05) is 29.8 Å². The van der Waals surface area contributed by atoms with E-state index in [0.29, 0.717) is 29.6 Å². The number of hydrogen-bond donors (Lipinski definition) is 0. The van der Waals surface area contributed by atoms with E-state index in [1.807, 2.05) is 24.3 Å². The summed E-state index contributed by atoms with van der Waals surface area (Å²) in [6, 6.07) is 7.48. The van der Waals surface area contributed by atoms with E-state index in [4.69, 9.17) is 16.0 Å². The molecule has 1 aliphatic rings. The van der Waals surface area contributed by atoms with E-state index in [0.717, 1.165) is 30.6 Å². The van der Waals surface area contributed by atoms with Gasteiger partial charge in [-0.2, -0.15) is 0 Å². The van der Waals surface area contributed by atoms with Gasteiger partial charge in [0.25, 0.3) is 5.91 Å². The molecule has 1 amide bonds. The van der Waals surface area contributed by atoms with Crippen LogP contribution in [0.3, 0.4) is 0 Å². The van der Waals surface area contributed by atoms with Crippen LogP contribution >= 0.6 is 11.6 Å². The minimum atomic E-state index is -0.187. The molecule has 2 aromatic heterocycles. The van der Waals surface area contributed by atoms with Gasteiger partial charge in [0.05, 0.1) is 12.4 Å². The largest absolute Gasteiger partial charge is 0.443 e. The first kappa shape index (κ1) is 17.7. The van der Waals surface area contributed by atoms with Crippen LogP contribution in [-0.2, 0) is 6.42 Å². The molecule has 1 aliphatic heterocycles. The smallest absolute Gasteiger partial charge is 0.274 e. The van der Waals surface area contributed by atoms with Crippen LogP contribution in [0.2, 0.25) is 5.02 Å². The Morgan fingerprint density at radius 1 is 1.19 bits per heavy atom. The number of hydrogen-bond acceptors (Lipinski definition) is 5. The lowest BCUT2D eigenvalue weighted by atomic mass is 10.0. The summed E-state index contributed by atoms with van der Waals surface area (Å²) < 4.78 is 6.00. The molecule has 0 bridgehead atoms. The molecular weight excluding hydrogens is 364 g/mol. The molecule has 0 spiro atoms. The molecule has 0 N–H and O–H groups in total. The Balaban J connectivity index is 1.55. The fraction of sp³-hybridized carbons (Fsp3) is 0.300. The molecule has 0 saturated carbocycles. The van der Waals surface area contributed by atoms with Crippen molar-refractivity contribution in [3.8, 4) is 0 Å². The van der Waals surface area contributed by atoms with Crippen LogP contribution in [-0.4, -0.2) is 32.3 Å². The maximum atomic E-state index is 12.9. The molecule has 7 heteroatoms. The standard InChI is InChI=1S/C20H19ClN4O2/c21-16-6-2-1-5-14(16)11-15-12-24-19(27-15)18-7-3-4-10-25(18)20(26)17-13-22-8-9-23-17/h1-2,5-6,8-9,12-13,18H,3-4,7,10-11H2/t18-/m0/s1. The lowest BCUT2D eigenvalue weighted by Gasteiger charge is -2.33. The van der Waals surface area contributed by atoms with Gasteiger partial charge in [-0.15, -0.1) is 0 Å². The molecule has 1 atom stereocenters. The van der Waals surface area contributed by atoms with Gasteiger partial charge in [0.15, 0.2) is 0 Å². The van der Waals surface area contributed by atoms with Crippen molar-refractivity contribution in [2.24, 2.45) is 0 Å². The van der Waals surface area contributed by atoms with Gasteiger partial charge in [-0.05, 0) is 30.9 Å². The van der Waals surface area contributed by atoms with Gasteiger partial charge in [-0.25, -0.2) is 9.97 Å². The van der Waals surface area contributed by atoms with Crippen LogP contribution in [0.15, 0.2) is 53.5 Å². The molecule has 0 radical (unpaired) electrons. The second-order valence-corrected chi connectivity index (χ2v) is 6.94. The first-order chi connectivity index (χ1) is 13.2. The van der Waals surface area contributed by atoms with E-state index in [-0.39, 0.29) is 11.9 Å². The van der Waals surface area contributed by atoms with Crippen LogP contribution in [0.25, 0.3) is 0 Å². The summed E-state index contributed by atoms with van der Waals surface area (Å²) in [7, 11) is 0. The van der Waals surface area contributed by atoms with Crippen LogP contribution in [0.1, 0.15) is 53.0 Å². The maximum absolute atomic E-state index is 12.9. The summed E-state index contributed by atoms with van der Waals surface area (Å²) >= 11 is 6.23. The van der Waals surface area contributed by atoms with E-state index in [1.165, 1.54) is 12.4 Å². The van der Waals surface area contributed by atoms with Crippen molar-refractivity contribution < 1.29 is 9.21 Å². The average molecular weight is 383 g/mol. The molecule has 1 fully saturated rings. The maximum Gasteiger partial charge on any atom is 0.274 e. The monoisotopic (exact) mass is 382 g/mol. The number of rotatable bonds is 4. The van der Waals surface area contributed by atoms with Crippen molar-refractivity contribution in [1.29, 1.82) is 0 Å². The number of aromatic nitrogens is 3. The topological polar surface area (TPSA) is 72.1 Å². The Kier molecular flexibility index (Phi) is 5.16. The number of benzene rings is 1. The highest BCUT2D eigenvalue weighted by molar-refractivity contribution is 6.31. The molecule has 0 aliphatic carbocycles. The Morgan fingerprint density at radius 3 is 2.89 bits per heavy atom. The number of nitrogens with zero attached hydrogens (tertiary/aromatic N) is 4. The van der Waals surface area contributed by atoms with E-state index in [1.54, 1.807) is 17.3 Å². The summed E-state index contributed by atoms with van der Waals surface area (Å²) in [6.07, 6.45) is 9.66. The van der Waals surface area contributed by atoms with Gasteiger partial charge in [0.1, 0.15) is 17.5 Å². The molecule has 3 heterocycles. The third-order valence-corrected chi connectivity index (χ3v) is 5.09. The fourth-order valence-electron chi connectivity index (χ4n) is 3.38. The predicted octanol–water partition coefficient (Wildman–Crippen LogP) is 4.08. The summed E-state index contributed by atoms with van der Waals surface area (Å²) in [4.78, 5) is 27.2. The average Bonchev–Trinajstić information content (AvgIpc) is 3.18. The first-order valence-electron chi connectivity index (χ1n) is 8.97. The third-order valence-electron chi connectivity index (χ3n) is 4.72. The molecular formula is C20H19ClN4O2. The second kappa shape index (κ2) is 7.88. The van der Waals surface area contributed by atoms with Gasteiger partial charge < -0.3 is 9.32 Å². The summed E-state index contributed by atoms with van der Waals surface area (Å²) in [6.45, 7) is 0.655. The van der Waals surface area contributed by atoms with Crippen molar-refractivity contribution in [3.05, 3.63) is 77.0 Å². The van der Waals surface area contributed by atoms with Crippen molar-refractivity contribution >= 4 is 17.5 Å². The van der Waals surface area contributed by atoms with Gasteiger partial charge >= 0.3 is 0 Å². The zero-order chi connectivity index (χ0) is 18.6. The molecule has 27 heavy (non-hydrogen) atoms. The van der Waals surface area contributed by atoms with Gasteiger partial charge in [-0.3, -0.25) is 9.78 Å². The molecule has 1 aromatic carbocycles. The lowest BCUT2D eigenvalue weighted by Crippen LogP contribution is -2.39. The van der Waals surface area contributed by atoms with Crippen molar-refractivity contribution in [2.45, 2.75) is 31.7 Å². The van der Waals surface area contributed by atoms with Crippen molar-refractivity contribution in [3.63, 3.8) is 0 Å². The minimum Gasteiger partial charge on any atom is -0.443 e. The second-order valence-electron chi connectivity index (χ2n) is 6.53. The number of halogens is 1. The molecule has 3 aromatic rings. The van der Waals surface area contributed by atoms with Crippen LogP contribution in [0.5, 0.6) is 0 Å². The first-order valence-corrected chi connectivity index (χ1v) is 9.35. The quantitative estimate of drug-likeness (QED) is 0.679. The predicted molar refractivity (Wildman–Crippen MR) is 100 cm³/mol. The molecule has 4 rings (SSSR count). The van der Waals surface area contributed by atoms with Crippen molar-refractivity contribution in [1.82, 2.24) is 19.9 Å². The van der Waals surface area contributed by atoms with Crippen LogP contribution in [0, 0.1) is 0 Å². The fourth-order valence-corrected chi connectivity index (χ4v) is 3.58. The van der Waals surface area contributed by atoms with E-state index < -0.39 is 0 Å². The highest BCUT2D eigenvalue weighted by Gasteiger charge is 2.32. The van der Waals surface area contributed by atoms with Crippen LogP contribution in [0.4, 0.5) is 0 Å². The minimum absolute atomic E-state index is 0.140. The van der Waals surface area contributed by atoms with Crippen LogP contribution < -0.4 is 0 Å². The highest BCUT2D eigenvalue weighted by atomic mass is 35.5. The zero-order valence-electron chi connectivity index (χ0n) is 14.7. The van der Waals surface area contributed by atoms with E-state index in [9.17, 15) is 4.79 Å². The number of amides is 1. The molecule has 1 saturated heterocycles. The number of likely N-dealkylation sites (tertiary alicyclic amines) is 1. The lowest BCUT2D eigenvalue weighted by molar-refractivity contribution is 0.0563. The van der Waals surface area contributed by atoms with Gasteiger partial charge in [0, 0.05) is 30.4 Å². The third kappa shape index (κ3) is 3.85. The molecule has 6 nitrogen and oxygen atoms in total. The summed E-state index contributed by atoms with van der Waals surface area (Å²) in [5.41, 5.74) is 1.32. The number of oxazole rings is 1. The number of carbonyl (C=O) groups is 1. The Labute approximate surface area is 162 Å². The summed E-state index contributed by atoms with van der Waals surface area (Å²) in [5, 5.41) is 0.701. The van der Waals surface area contributed by atoms with E-state index in [2.05, 4.69) is 15.0 Å². The van der Waals surface area contributed by atoms with Crippen molar-refractivity contribution in [2.75, 3.05) is 6.54 Å². The molecule has 0 unspecified atom stereocenters. The summed E-state index contributed by atoms with van der Waals surface area (Å²) in [5.74, 6) is 1.16.